The molecule has 0 saturated carbocycles. The first kappa shape index (κ1) is 16.6. The summed E-state index contributed by atoms with van der Waals surface area (Å²) in [7, 11) is 0. The number of anilines is 3. The fourth-order valence-corrected chi connectivity index (χ4v) is 2.26. The van der Waals surface area contributed by atoms with E-state index in [4.69, 9.17) is 0 Å². The number of carbonyl (C=O) groups is 1. The van der Waals surface area contributed by atoms with Crippen LogP contribution in [0.5, 0.6) is 0 Å². The van der Waals surface area contributed by atoms with Gasteiger partial charge in [-0.1, -0.05) is 12.1 Å². The van der Waals surface area contributed by atoms with Gasteiger partial charge in [0.25, 0.3) is 5.91 Å². The first-order valence-corrected chi connectivity index (χ1v) is 7.76. The van der Waals surface area contributed by atoms with E-state index in [0.717, 1.165) is 16.8 Å². The number of aryl methyl sites for hydroxylation is 2. The predicted octanol–water partition coefficient (Wildman–Crippen LogP) is 4.23. The maximum absolute atomic E-state index is 12.9. The monoisotopic (exact) mass is 336 g/mol. The smallest absolute Gasteiger partial charge is 0.276 e. The Bertz CT molecular complexity index is 892. The highest BCUT2D eigenvalue weighted by molar-refractivity contribution is 6.02. The van der Waals surface area contributed by atoms with Crippen molar-refractivity contribution in [3.8, 4) is 0 Å². The Morgan fingerprint density at radius 3 is 2.40 bits per heavy atom. The third kappa shape index (κ3) is 4.17. The van der Waals surface area contributed by atoms with Crippen molar-refractivity contribution in [3.63, 3.8) is 0 Å². The zero-order chi connectivity index (χ0) is 17.8. The van der Waals surface area contributed by atoms with Crippen molar-refractivity contribution in [1.82, 2.24) is 10.2 Å². The molecule has 1 amide bonds. The SMILES string of the molecule is Cc1ccc(C)c(Nc2ccc(C(=O)Nc3ccc(F)cc3)nn2)c1. The first-order chi connectivity index (χ1) is 12.0. The highest BCUT2D eigenvalue weighted by atomic mass is 19.1. The van der Waals surface area contributed by atoms with Gasteiger partial charge in [0.1, 0.15) is 5.82 Å². The lowest BCUT2D eigenvalue weighted by Gasteiger charge is -2.09. The van der Waals surface area contributed by atoms with Gasteiger partial charge in [-0.05, 0) is 67.4 Å². The second kappa shape index (κ2) is 7.09. The van der Waals surface area contributed by atoms with Gasteiger partial charge in [-0.25, -0.2) is 4.39 Å². The van der Waals surface area contributed by atoms with Crippen molar-refractivity contribution in [2.45, 2.75) is 13.8 Å². The molecular formula is C19H17FN4O. The molecule has 0 bridgehead atoms. The molecule has 126 valence electrons. The standard InChI is InChI=1S/C19H17FN4O/c1-12-3-4-13(2)17(11-12)22-18-10-9-16(23-24-18)19(25)21-15-7-5-14(20)6-8-15/h3-11H,1-2H3,(H,21,25)(H,22,24). The molecule has 1 aromatic heterocycles. The maximum atomic E-state index is 12.9. The van der Waals surface area contributed by atoms with Crippen molar-refractivity contribution in [3.05, 3.63) is 77.2 Å². The maximum Gasteiger partial charge on any atom is 0.276 e. The van der Waals surface area contributed by atoms with Gasteiger partial charge in [0.15, 0.2) is 11.5 Å². The minimum atomic E-state index is -0.405. The summed E-state index contributed by atoms with van der Waals surface area (Å²) in [5.74, 6) is -0.218. The Balaban J connectivity index is 1.70. The molecular weight excluding hydrogens is 319 g/mol. The van der Waals surface area contributed by atoms with E-state index in [1.54, 1.807) is 12.1 Å². The number of hydrogen-bond acceptors (Lipinski definition) is 4. The van der Waals surface area contributed by atoms with Gasteiger partial charge in [-0.3, -0.25) is 4.79 Å². The molecule has 0 unspecified atom stereocenters. The van der Waals surface area contributed by atoms with E-state index < -0.39 is 5.91 Å². The summed E-state index contributed by atoms with van der Waals surface area (Å²) in [6, 6.07) is 14.9. The Hall–Kier alpha value is -3.28. The lowest BCUT2D eigenvalue weighted by atomic mass is 10.1. The number of rotatable bonds is 4. The molecule has 1 heterocycles. The summed E-state index contributed by atoms with van der Waals surface area (Å²) in [6.45, 7) is 4.01. The Morgan fingerprint density at radius 1 is 0.960 bits per heavy atom. The molecule has 0 atom stereocenters. The molecule has 2 aromatic carbocycles. The molecule has 3 aromatic rings. The molecule has 5 nitrogen and oxygen atoms in total. The van der Waals surface area contributed by atoms with E-state index in [-0.39, 0.29) is 11.5 Å². The molecule has 3 rings (SSSR count). The lowest BCUT2D eigenvalue weighted by Crippen LogP contribution is -2.14. The topological polar surface area (TPSA) is 66.9 Å². The zero-order valence-corrected chi connectivity index (χ0v) is 13.9. The van der Waals surface area contributed by atoms with Crippen LogP contribution >= 0.6 is 0 Å². The highest BCUT2D eigenvalue weighted by Crippen LogP contribution is 2.20. The fourth-order valence-electron chi connectivity index (χ4n) is 2.26. The molecule has 0 fully saturated rings. The summed E-state index contributed by atoms with van der Waals surface area (Å²) < 4.78 is 12.9. The normalized spacial score (nSPS) is 10.4. The van der Waals surface area contributed by atoms with Crippen molar-refractivity contribution >= 4 is 23.1 Å². The van der Waals surface area contributed by atoms with Crippen LogP contribution in [0.25, 0.3) is 0 Å². The second-order valence-electron chi connectivity index (χ2n) is 5.71. The molecule has 0 aliphatic heterocycles. The van der Waals surface area contributed by atoms with Crippen LogP contribution in [0.2, 0.25) is 0 Å². The largest absolute Gasteiger partial charge is 0.339 e. The minimum absolute atomic E-state index is 0.177. The van der Waals surface area contributed by atoms with Crippen LogP contribution in [0.15, 0.2) is 54.6 Å². The number of carbonyl (C=O) groups excluding carboxylic acids is 1. The number of aromatic nitrogens is 2. The van der Waals surface area contributed by atoms with Gasteiger partial charge in [0.05, 0.1) is 0 Å². The van der Waals surface area contributed by atoms with E-state index >= 15 is 0 Å². The van der Waals surface area contributed by atoms with Crippen LogP contribution in [0.1, 0.15) is 21.6 Å². The fraction of sp³-hybridized carbons (Fsp3) is 0.105. The van der Waals surface area contributed by atoms with E-state index in [0.29, 0.717) is 11.5 Å². The highest BCUT2D eigenvalue weighted by Gasteiger charge is 2.09. The molecule has 0 radical (unpaired) electrons. The second-order valence-corrected chi connectivity index (χ2v) is 5.71. The summed E-state index contributed by atoms with van der Waals surface area (Å²) in [6.07, 6.45) is 0. The van der Waals surface area contributed by atoms with E-state index in [1.165, 1.54) is 24.3 Å². The van der Waals surface area contributed by atoms with E-state index in [9.17, 15) is 9.18 Å². The van der Waals surface area contributed by atoms with Crippen LogP contribution in [-0.2, 0) is 0 Å². The van der Waals surface area contributed by atoms with Gasteiger partial charge < -0.3 is 10.6 Å². The first-order valence-electron chi connectivity index (χ1n) is 7.76. The van der Waals surface area contributed by atoms with Gasteiger partial charge in [0.2, 0.25) is 0 Å². The van der Waals surface area contributed by atoms with Crippen molar-refractivity contribution < 1.29 is 9.18 Å². The summed E-state index contributed by atoms with van der Waals surface area (Å²) in [4.78, 5) is 12.1. The van der Waals surface area contributed by atoms with E-state index in [2.05, 4.69) is 20.8 Å². The minimum Gasteiger partial charge on any atom is -0.339 e. The Morgan fingerprint density at radius 2 is 1.72 bits per heavy atom. The summed E-state index contributed by atoms with van der Waals surface area (Å²) in [5.41, 5.74) is 3.83. The number of amides is 1. The molecule has 25 heavy (non-hydrogen) atoms. The van der Waals surface area contributed by atoms with Crippen LogP contribution < -0.4 is 10.6 Å². The van der Waals surface area contributed by atoms with Gasteiger partial charge >= 0.3 is 0 Å². The molecule has 0 spiro atoms. The molecule has 0 saturated heterocycles. The van der Waals surface area contributed by atoms with Crippen LogP contribution in [0.3, 0.4) is 0 Å². The van der Waals surface area contributed by atoms with Crippen molar-refractivity contribution in [1.29, 1.82) is 0 Å². The molecule has 6 heteroatoms. The van der Waals surface area contributed by atoms with Gasteiger partial charge in [-0.15, -0.1) is 10.2 Å². The van der Waals surface area contributed by atoms with Crippen LogP contribution in [0.4, 0.5) is 21.6 Å². The summed E-state index contributed by atoms with van der Waals surface area (Å²) >= 11 is 0. The third-order valence-electron chi connectivity index (χ3n) is 3.66. The van der Waals surface area contributed by atoms with Gasteiger partial charge in [0, 0.05) is 11.4 Å². The average molecular weight is 336 g/mol. The summed E-state index contributed by atoms with van der Waals surface area (Å²) in [5, 5.41) is 13.8. The molecule has 2 N–H and O–H groups in total. The number of benzene rings is 2. The lowest BCUT2D eigenvalue weighted by molar-refractivity contribution is 0.102. The third-order valence-corrected chi connectivity index (χ3v) is 3.66. The molecule has 0 aliphatic carbocycles. The van der Waals surface area contributed by atoms with Crippen molar-refractivity contribution in [2.24, 2.45) is 0 Å². The predicted molar refractivity (Wildman–Crippen MR) is 95.6 cm³/mol. The number of halogens is 1. The van der Waals surface area contributed by atoms with Crippen LogP contribution in [0, 0.1) is 19.7 Å². The Labute approximate surface area is 144 Å². The zero-order valence-electron chi connectivity index (χ0n) is 13.9. The Kier molecular flexibility index (Phi) is 4.70. The number of hydrogen-bond donors (Lipinski definition) is 2. The van der Waals surface area contributed by atoms with Crippen LogP contribution in [-0.4, -0.2) is 16.1 Å². The number of nitrogens with one attached hydrogen (secondary N) is 2. The quantitative estimate of drug-likeness (QED) is 0.748. The van der Waals surface area contributed by atoms with Gasteiger partial charge in [-0.2, -0.15) is 0 Å². The van der Waals surface area contributed by atoms with E-state index in [1.807, 2.05) is 32.0 Å². The van der Waals surface area contributed by atoms with Crippen molar-refractivity contribution in [2.75, 3.05) is 10.6 Å². The average Bonchev–Trinajstić information content (AvgIpc) is 2.61. The number of nitrogens with zero attached hydrogens (tertiary/aromatic N) is 2. The molecule has 0 aliphatic rings.